The number of benzene rings is 1. The van der Waals surface area contributed by atoms with Gasteiger partial charge in [-0.05, 0) is 26.0 Å². The molecule has 0 aromatic heterocycles. The average molecular weight is 275 g/mol. The van der Waals surface area contributed by atoms with Crippen molar-refractivity contribution in [1.29, 1.82) is 0 Å². The van der Waals surface area contributed by atoms with E-state index in [1.165, 1.54) is 11.4 Å². The fourth-order valence-electron chi connectivity index (χ4n) is 3.28. The van der Waals surface area contributed by atoms with Crippen molar-refractivity contribution < 1.29 is 4.74 Å². The predicted molar refractivity (Wildman–Crippen MR) is 83.7 cm³/mol. The molecule has 1 aromatic rings. The van der Waals surface area contributed by atoms with E-state index in [1.807, 2.05) is 0 Å². The minimum Gasteiger partial charge on any atom is -0.372 e. The van der Waals surface area contributed by atoms with Crippen LogP contribution in [-0.2, 0) is 4.74 Å². The molecular formula is C16H25N3O. The highest BCUT2D eigenvalue weighted by atomic mass is 16.5. The number of ether oxygens (including phenoxy) is 1. The topological polar surface area (TPSA) is 27.7 Å². The van der Waals surface area contributed by atoms with Crippen LogP contribution in [0.25, 0.3) is 0 Å². The molecule has 1 aromatic carbocycles. The van der Waals surface area contributed by atoms with Gasteiger partial charge in [-0.3, -0.25) is 0 Å². The molecule has 0 radical (unpaired) electrons. The summed E-state index contributed by atoms with van der Waals surface area (Å²) in [5.41, 5.74) is 2.73. The van der Waals surface area contributed by atoms with Crippen LogP contribution in [0.1, 0.15) is 13.8 Å². The molecule has 110 valence electrons. The van der Waals surface area contributed by atoms with Gasteiger partial charge in [0.15, 0.2) is 0 Å². The molecule has 2 heterocycles. The van der Waals surface area contributed by atoms with Gasteiger partial charge >= 0.3 is 0 Å². The first-order valence-electron chi connectivity index (χ1n) is 7.69. The summed E-state index contributed by atoms with van der Waals surface area (Å²) >= 11 is 0. The Labute approximate surface area is 121 Å². The first-order chi connectivity index (χ1) is 9.74. The van der Waals surface area contributed by atoms with Crippen LogP contribution in [0.5, 0.6) is 0 Å². The zero-order valence-electron chi connectivity index (χ0n) is 12.5. The largest absolute Gasteiger partial charge is 0.372 e. The van der Waals surface area contributed by atoms with Crippen LogP contribution in [0.3, 0.4) is 0 Å². The summed E-state index contributed by atoms with van der Waals surface area (Å²) in [6, 6.07) is 8.80. The Hall–Kier alpha value is -1.26. The third-order valence-electron chi connectivity index (χ3n) is 4.10. The summed E-state index contributed by atoms with van der Waals surface area (Å²) in [6.45, 7) is 10.6. The van der Waals surface area contributed by atoms with Crippen molar-refractivity contribution in [2.45, 2.75) is 26.1 Å². The zero-order valence-corrected chi connectivity index (χ0v) is 12.5. The van der Waals surface area contributed by atoms with E-state index in [9.17, 15) is 0 Å². The minimum absolute atomic E-state index is 0.301. The van der Waals surface area contributed by atoms with Crippen LogP contribution in [0.2, 0.25) is 0 Å². The first kappa shape index (κ1) is 13.7. The summed E-state index contributed by atoms with van der Waals surface area (Å²) in [5.74, 6) is 0. The van der Waals surface area contributed by atoms with Gasteiger partial charge in [-0.2, -0.15) is 0 Å². The highest BCUT2D eigenvalue weighted by molar-refractivity contribution is 5.71. The number of hydrogen-bond donors (Lipinski definition) is 1. The highest BCUT2D eigenvalue weighted by Gasteiger charge is 2.25. The van der Waals surface area contributed by atoms with Gasteiger partial charge in [0.05, 0.1) is 23.6 Å². The SMILES string of the molecule is C[C@@H]1CN(c2ccccc2N2CCNCC2)C[C@H](C)O1. The van der Waals surface area contributed by atoms with Gasteiger partial charge in [0.2, 0.25) is 0 Å². The number of nitrogens with zero attached hydrogens (tertiary/aromatic N) is 2. The van der Waals surface area contributed by atoms with Crippen LogP contribution in [0, 0.1) is 0 Å². The fraction of sp³-hybridized carbons (Fsp3) is 0.625. The van der Waals surface area contributed by atoms with Crippen molar-refractivity contribution in [2.75, 3.05) is 49.1 Å². The Balaban J connectivity index is 1.85. The quantitative estimate of drug-likeness (QED) is 0.889. The Bertz CT molecular complexity index is 435. The smallest absolute Gasteiger partial charge is 0.0726 e. The van der Waals surface area contributed by atoms with Crippen molar-refractivity contribution >= 4 is 11.4 Å². The van der Waals surface area contributed by atoms with E-state index >= 15 is 0 Å². The lowest BCUT2D eigenvalue weighted by molar-refractivity contribution is -0.00519. The normalized spacial score (nSPS) is 27.7. The van der Waals surface area contributed by atoms with E-state index in [0.717, 1.165) is 39.3 Å². The molecule has 1 N–H and O–H groups in total. The predicted octanol–water partition coefficient (Wildman–Crippen LogP) is 1.71. The number of morpholine rings is 1. The van der Waals surface area contributed by atoms with Crippen molar-refractivity contribution in [1.82, 2.24) is 5.32 Å². The third-order valence-corrected chi connectivity index (χ3v) is 4.10. The molecule has 20 heavy (non-hydrogen) atoms. The minimum atomic E-state index is 0.301. The third kappa shape index (κ3) is 2.91. The average Bonchev–Trinajstić information content (AvgIpc) is 2.47. The number of piperazine rings is 1. The lowest BCUT2D eigenvalue weighted by Crippen LogP contribution is -2.47. The molecule has 0 saturated carbocycles. The van der Waals surface area contributed by atoms with Crippen molar-refractivity contribution in [3.63, 3.8) is 0 Å². The second-order valence-electron chi connectivity index (χ2n) is 5.89. The van der Waals surface area contributed by atoms with Gasteiger partial charge in [0.25, 0.3) is 0 Å². The second-order valence-corrected chi connectivity index (χ2v) is 5.89. The molecular weight excluding hydrogens is 250 g/mol. The lowest BCUT2D eigenvalue weighted by Gasteiger charge is -2.40. The van der Waals surface area contributed by atoms with Gasteiger partial charge in [0, 0.05) is 39.3 Å². The number of nitrogens with one attached hydrogen (secondary N) is 1. The van der Waals surface area contributed by atoms with Crippen molar-refractivity contribution in [2.24, 2.45) is 0 Å². The van der Waals surface area contributed by atoms with Crippen molar-refractivity contribution in [3.8, 4) is 0 Å². The fourth-order valence-corrected chi connectivity index (χ4v) is 3.28. The van der Waals surface area contributed by atoms with Crippen LogP contribution in [-0.4, -0.2) is 51.5 Å². The maximum absolute atomic E-state index is 5.86. The molecule has 2 atom stereocenters. The van der Waals surface area contributed by atoms with E-state index in [0.29, 0.717) is 12.2 Å². The summed E-state index contributed by atoms with van der Waals surface area (Å²) in [6.07, 6.45) is 0.602. The van der Waals surface area contributed by atoms with Gasteiger partial charge in [-0.25, -0.2) is 0 Å². The van der Waals surface area contributed by atoms with Crippen LogP contribution < -0.4 is 15.1 Å². The molecule has 2 saturated heterocycles. The Morgan fingerprint density at radius 2 is 1.50 bits per heavy atom. The number of rotatable bonds is 2. The Morgan fingerprint density at radius 3 is 2.10 bits per heavy atom. The molecule has 4 heteroatoms. The molecule has 0 amide bonds. The molecule has 4 nitrogen and oxygen atoms in total. The van der Waals surface area contributed by atoms with E-state index in [-0.39, 0.29) is 0 Å². The maximum atomic E-state index is 5.86. The monoisotopic (exact) mass is 275 g/mol. The highest BCUT2D eigenvalue weighted by Crippen LogP contribution is 2.31. The Morgan fingerprint density at radius 1 is 0.950 bits per heavy atom. The molecule has 2 aliphatic rings. The van der Waals surface area contributed by atoms with E-state index in [1.54, 1.807) is 0 Å². The van der Waals surface area contributed by atoms with E-state index in [4.69, 9.17) is 4.74 Å². The van der Waals surface area contributed by atoms with Crippen LogP contribution in [0.4, 0.5) is 11.4 Å². The molecule has 0 spiro atoms. The number of hydrogen-bond acceptors (Lipinski definition) is 4. The van der Waals surface area contributed by atoms with Crippen LogP contribution >= 0.6 is 0 Å². The van der Waals surface area contributed by atoms with E-state index in [2.05, 4.69) is 53.2 Å². The second kappa shape index (κ2) is 6.02. The molecule has 0 bridgehead atoms. The molecule has 3 rings (SSSR count). The molecule has 2 aliphatic heterocycles. The maximum Gasteiger partial charge on any atom is 0.0726 e. The number of para-hydroxylation sites is 2. The lowest BCUT2D eigenvalue weighted by atomic mass is 10.1. The standard InChI is InChI=1S/C16H25N3O/c1-13-11-19(12-14(2)20-13)16-6-4-3-5-15(16)18-9-7-17-8-10-18/h3-6,13-14,17H,7-12H2,1-2H3/t13-,14+. The van der Waals surface area contributed by atoms with Crippen molar-refractivity contribution in [3.05, 3.63) is 24.3 Å². The summed E-state index contributed by atoms with van der Waals surface area (Å²) < 4.78 is 5.86. The van der Waals surface area contributed by atoms with Gasteiger partial charge < -0.3 is 19.9 Å². The Kier molecular flexibility index (Phi) is 4.13. The summed E-state index contributed by atoms with van der Waals surface area (Å²) in [7, 11) is 0. The molecule has 0 aliphatic carbocycles. The summed E-state index contributed by atoms with van der Waals surface area (Å²) in [4.78, 5) is 4.98. The van der Waals surface area contributed by atoms with E-state index < -0.39 is 0 Å². The van der Waals surface area contributed by atoms with Gasteiger partial charge in [-0.1, -0.05) is 12.1 Å². The van der Waals surface area contributed by atoms with Gasteiger partial charge in [-0.15, -0.1) is 0 Å². The molecule has 2 fully saturated rings. The summed E-state index contributed by atoms with van der Waals surface area (Å²) in [5, 5.41) is 3.42. The zero-order chi connectivity index (χ0) is 13.9. The van der Waals surface area contributed by atoms with Crippen LogP contribution in [0.15, 0.2) is 24.3 Å². The van der Waals surface area contributed by atoms with Gasteiger partial charge in [0.1, 0.15) is 0 Å². The first-order valence-corrected chi connectivity index (χ1v) is 7.69. The number of anilines is 2. The molecule has 0 unspecified atom stereocenters.